The zero-order valence-electron chi connectivity index (χ0n) is 19.7. The van der Waals surface area contributed by atoms with Crippen LogP contribution in [0.25, 0.3) is 10.9 Å². The van der Waals surface area contributed by atoms with Crippen molar-refractivity contribution in [3.05, 3.63) is 111 Å². The number of hydrogen-bond donors (Lipinski definition) is 1. The number of aryl methyl sites for hydroxylation is 3. The third-order valence-corrected chi connectivity index (χ3v) is 6.07. The van der Waals surface area contributed by atoms with E-state index in [0.29, 0.717) is 22.2 Å². The van der Waals surface area contributed by atoms with Gasteiger partial charge in [0, 0.05) is 22.8 Å². The van der Waals surface area contributed by atoms with E-state index in [-0.39, 0.29) is 29.2 Å². The van der Waals surface area contributed by atoms with E-state index in [1.165, 1.54) is 6.20 Å². The summed E-state index contributed by atoms with van der Waals surface area (Å²) < 4.78 is 1.69. The maximum Gasteiger partial charge on any atom is 0.244 e. The predicted molar refractivity (Wildman–Crippen MR) is 137 cm³/mol. The van der Waals surface area contributed by atoms with E-state index in [1.807, 2.05) is 75.4 Å². The highest BCUT2D eigenvalue weighted by atomic mass is 16.2. The molecule has 1 heterocycles. The van der Waals surface area contributed by atoms with Gasteiger partial charge < -0.3 is 9.88 Å². The molecule has 0 aliphatic carbocycles. The van der Waals surface area contributed by atoms with Gasteiger partial charge >= 0.3 is 0 Å². The fraction of sp³-hybridized carbons (Fsp3) is 0.207. The van der Waals surface area contributed by atoms with Gasteiger partial charge in [0.15, 0.2) is 5.78 Å². The molecule has 0 aliphatic rings. The van der Waals surface area contributed by atoms with Crippen LogP contribution in [0.1, 0.15) is 46.5 Å². The average molecular weight is 453 g/mol. The molecule has 0 radical (unpaired) electrons. The van der Waals surface area contributed by atoms with Gasteiger partial charge in [-0.1, -0.05) is 61.9 Å². The number of ketones is 1. The second kappa shape index (κ2) is 9.87. The topological polar surface area (TPSA) is 68.2 Å². The molecule has 0 atom stereocenters. The van der Waals surface area contributed by atoms with Crippen molar-refractivity contribution in [1.82, 2.24) is 4.57 Å². The van der Waals surface area contributed by atoms with Gasteiger partial charge in [-0.25, -0.2) is 0 Å². The van der Waals surface area contributed by atoms with Gasteiger partial charge in [-0.05, 0) is 55.2 Å². The molecule has 0 bridgehead atoms. The molecule has 5 nitrogen and oxygen atoms in total. The van der Waals surface area contributed by atoms with Crippen LogP contribution in [0.2, 0.25) is 0 Å². The second-order valence-electron chi connectivity index (χ2n) is 8.50. The molecule has 1 aromatic heterocycles. The first kappa shape index (κ1) is 23.2. The molecule has 0 saturated carbocycles. The molecule has 0 saturated heterocycles. The number of nitrogens with zero attached hydrogens (tertiary/aromatic N) is 1. The minimum Gasteiger partial charge on any atom is -0.337 e. The second-order valence-corrected chi connectivity index (χ2v) is 8.50. The van der Waals surface area contributed by atoms with E-state index in [0.717, 1.165) is 29.5 Å². The summed E-state index contributed by atoms with van der Waals surface area (Å²) in [5.74, 6) is -0.580. The van der Waals surface area contributed by atoms with Crippen LogP contribution in [0.15, 0.2) is 77.7 Å². The van der Waals surface area contributed by atoms with E-state index in [9.17, 15) is 14.4 Å². The Bertz CT molecular complexity index is 1420. The number of rotatable bonds is 7. The Hall–Kier alpha value is -3.99. The van der Waals surface area contributed by atoms with Crippen LogP contribution < -0.4 is 10.7 Å². The van der Waals surface area contributed by atoms with Gasteiger partial charge in [0.25, 0.3) is 0 Å². The number of pyridine rings is 1. The lowest BCUT2D eigenvalue weighted by molar-refractivity contribution is -0.116. The molecule has 4 aromatic rings. The summed E-state index contributed by atoms with van der Waals surface area (Å²) in [6.07, 6.45) is 3.15. The van der Waals surface area contributed by atoms with Gasteiger partial charge in [0.1, 0.15) is 6.54 Å². The Kier molecular flexibility index (Phi) is 6.73. The molecule has 0 spiro atoms. The van der Waals surface area contributed by atoms with Crippen LogP contribution in [0.5, 0.6) is 0 Å². The number of nitrogens with one attached hydrogen (secondary N) is 1. The molecule has 1 amide bonds. The number of fused-ring (bicyclic) bond motifs is 1. The van der Waals surface area contributed by atoms with Crippen LogP contribution in [0.3, 0.4) is 0 Å². The van der Waals surface area contributed by atoms with E-state index in [1.54, 1.807) is 16.7 Å². The number of amides is 1. The van der Waals surface area contributed by atoms with Crippen LogP contribution >= 0.6 is 0 Å². The summed E-state index contributed by atoms with van der Waals surface area (Å²) in [5, 5.41) is 3.33. The lowest BCUT2D eigenvalue weighted by Crippen LogP contribution is -2.24. The van der Waals surface area contributed by atoms with Crippen molar-refractivity contribution < 1.29 is 9.59 Å². The van der Waals surface area contributed by atoms with Gasteiger partial charge in [0.2, 0.25) is 11.3 Å². The Morgan fingerprint density at radius 2 is 1.50 bits per heavy atom. The third-order valence-electron chi connectivity index (χ3n) is 6.07. The van der Waals surface area contributed by atoms with Crippen LogP contribution in [0, 0.1) is 6.92 Å². The highest BCUT2D eigenvalue weighted by molar-refractivity contribution is 6.10. The average Bonchev–Trinajstić information content (AvgIpc) is 2.86. The first-order valence-corrected chi connectivity index (χ1v) is 11.6. The maximum atomic E-state index is 13.4. The molecule has 3 aromatic carbocycles. The first-order chi connectivity index (χ1) is 16.4. The number of hydrogen-bond acceptors (Lipinski definition) is 3. The zero-order valence-corrected chi connectivity index (χ0v) is 19.7. The summed E-state index contributed by atoms with van der Waals surface area (Å²) in [4.78, 5) is 39.5. The van der Waals surface area contributed by atoms with Gasteiger partial charge in [-0.2, -0.15) is 0 Å². The number of carbonyl (C=O) groups excluding carboxylic acids is 2. The number of carbonyl (C=O) groups is 2. The minimum atomic E-state index is -0.343. The van der Waals surface area contributed by atoms with Crippen molar-refractivity contribution in [3.8, 4) is 0 Å². The Labute approximate surface area is 199 Å². The van der Waals surface area contributed by atoms with Crippen molar-refractivity contribution in [3.63, 3.8) is 0 Å². The normalized spacial score (nSPS) is 10.9. The lowest BCUT2D eigenvalue weighted by Gasteiger charge is -2.14. The monoisotopic (exact) mass is 452 g/mol. The Morgan fingerprint density at radius 1 is 0.853 bits per heavy atom. The third kappa shape index (κ3) is 4.84. The molecule has 172 valence electrons. The minimum absolute atomic E-state index is 0.0226. The molecule has 0 aliphatic heterocycles. The van der Waals surface area contributed by atoms with Crippen LogP contribution in [-0.2, 0) is 24.2 Å². The van der Waals surface area contributed by atoms with Gasteiger partial charge in [-0.15, -0.1) is 0 Å². The van der Waals surface area contributed by atoms with E-state index >= 15 is 0 Å². The zero-order chi connectivity index (χ0) is 24.2. The molecular weight excluding hydrogens is 424 g/mol. The highest BCUT2D eigenvalue weighted by Gasteiger charge is 2.18. The molecule has 0 unspecified atom stereocenters. The molecule has 1 N–H and O–H groups in total. The van der Waals surface area contributed by atoms with E-state index < -0.39 is 0 Å². The standard InChI is InChI=1S/C29H28N2O3/c1-4-20-8-11-22(12-9-20)28(33)25-17-31(18-27(32)30-23-13-6-19(3)7-14-23)26-15-10-21(5-2)16-24(26)29(25)34/h6-17H,4-5,18H2,1-3H3,(H,30,32). The fourth-order valence-electron chi connectivity index (χ4n) is 4.00. The van der Waals surface area contributed by atoms with Crippen LogP contribution in [-0.4, -0.2) is 16.3 Å². The molecule has 0 fully saturated rings. The van der Waals surface area contributed by atoms with E-state index in [4.69, 9.17) is 0 Å². The largest absolute Gasteiger partial charge is 0.337 e. The SMILES string of the molecule is CCc1ccc(C(=O)c2cn(CC(=O)Nc3ccc(C)cc3)c3ccc(CC)cc3c2=O)cc1. The van der Waals surface area contributed by atoms with Crippen molar-refractivity contribution in [2.45, 2.75) is 40.2 Å². The molecule has 34 heavy (non-hydrogen) atoms. The molecular formula is C29H28N2O3. The predicted octanol–water partition coefficient (Wildman–Crippen LogP) is 5.30. The number of anilines is 1. The summed E-state index contributed by atoms with van der Waals surface area (Å²) in [7, 11) is 0. The Morgan fingerprint density at radius 3 is 2.15 bits per heavy atom. The number of benzene rings is 3. The van der Waals surface area contributed by atoms with Gasteiger partial charge in [0.05, 0.1) is 11.1 Å². The summed E-state index contributed by atoms with van der Waals surface area (Å²) in [6, 6.07) is 20.5. The van der Waals surface area contributed by atoms with Crippen molar-refractivity contribution >= 4 is 28.3 Å². The number of aromatic nitrogens is 1. The van der Waals surface area contributed by atoms with E-state index in [2.05, 4.69) is 5.32 Å². The summed E-state index contributed by atoms with van der Waals surface area (Å²) in [6.45, 7) is 6.02. The van der Waals surface area contributed by atoms with Crippen molar-refractivity contribution in [1.29, 1.82) is 0 Å². The fourth-order valence-corrected chi connectivity index (χ4v) is 4.00. The van der Waals surface area contributed by atoms with Crippen molar-refractivity contribution in [2.24, 2.45) is 0 Å². The molecule has 5 heteroatoms. The summed E-state index contributed by atoms with van der Waals surface area (Å²) >= 11 is 0. The maximum absolute atomic E-state index is 13.4. The highest BCUT2D eigenvalue weighted by Crippen LogP contribution is 2.18. The van der Waals surface area contributed by atoms with Crippen LogP contribution in [0.4, 0.5) is 5.69 Å². The van der Waals surface area contributed by atoms with Crippen molar-refractivity contribution in [2.75, 3.05) is 5.32 Å². The quantitative estimate of drug-likeness (QED) is 0.387. The smallest absolute Gasteiger partial charge is 0.244 e. The first-order valence-electron chi connectivity index (χ1n) is 11.6. The lowest BCUT2D eigenvalue weighted by atomic mass is 9.99. The Balaban J connectivity index is 1.76. The summed E-state index contributed by atoms with van der Waals surface area (Å²) in [5.41, 5.74) is 4.74. The molecule has 4 rings (SSSR count). The van der Waals surface area contributed by atoms with Gasteiger partial charge in [-0.3, -0.25) is 14.4 Å².